The van der Waals surface area contributed by atoms with Crippen molar-refractivity contribution in [3.05, 3.63) is 59.7 Å². The normalized spacial score (nSPS) is 20.0. The van der Waals surface area contributed by atoms with Crippen molar-refractivity contribution < 1.29 is 34.1 Å². The van der Waals surface area contributed by atoms with E-state index in [1.54, 1.807) is 0 Å². The smallest absolute Gasteiger partial charge is 0.408 e. The van der Waals surface area contributed by atoms with Crippen LogP contribution in [0.5, 0.6) is 0 Å². The maximum absolute atomic E-state index is 13.2. The van der Waals surface area contributed by atoms with Gasteiger partial charge in [0.2, 0.25) is 5.91 Å². The first-order valence-electron chi connectivity index (χ1n) is 11.3. The molecule has 2 amide bonds. The van der Waals surface area contributed by atoms with Gasteiger partial charge < -0.3 is 29.9 Å². The average Bonchev–Trinajstić information content (AvgIpc) is 3.14. The van der Waals surface area contributed by atoms with Crippen molar-refractivity contribution in [3.63, 3.8) is 0 Å². The van der Waals surface area contributed by atoms with Crippen LogP contribution >= 0.6 is 0 Å². The summed E-state index contributed by atoms with van der Waals surface area (Å²) in [5.74, 6) is -1.92. The number of aliphatic carboxylic acids is 1. The summed E-state index contributed by atoms with van der Waals surface area (Å²) < 4.78 is 11.0. The molecule has 9 nitrogen and oxygen atoms in total. The summed E-state index contributed by atoms with van der Waals surface area (Å²) in [6.07, 6.45) is -0.248. The molecule has 0 spiro atoms. The molecule has 0 aromatic heterocycles. The van der Waals surface area contributed by atoms with Gasteiger partial charge in [-0.2, -0.15) is 0 Å². The van der Waals surface area contributed by atoms with Gasteiger partial charge in [0, 0.05) is 32.0 Å². The van der Waals surface area contributed by atoms with Crippen LogP contribution in [0.15, 0.2) is 48.5 Å². The highest BCUT2D eigenvalue weighted by molar-refractivity contribution is 5.93. The van der Waals surface area contributed by atoms with E-state index in [4.69, 9.17) is 14.6 Å². The lowest BCUT2D eigenvalue weighted by Gasteiger charge is -2.48. The van der Waals surface area contributed by atoms with Crippen LogP contribution in [0.3, 0.4) is 0 Å². The molecule has 2 fully saturated rings. The predicted molar refractivity (Wildman–Crippen MR) is 120 cm³/mol. The SMILES string of the molecule is O=C(NC1(C(=O)N2CC(O)(C(=O)O)C2)CCOCC1)OCC1c2ccccc2-c2ccccc21. The summed E-state index contributed by atoms with van der Waals surface area (Å²) in [7, 11) is 0. The number of fused-ring (bicyclic) bond motifs is 3. The molecule has 178 valence electrons. The second-order valence-electron chi connectivity index (χ2n) is 9.14. The number of carbonyl (C=O) groups excluding carboxylic acids is 2. The van der Waals surface area contributed by atoms with Gasteiger partial charge in [-0.15, -0.1) is 0 Å². The Labute approximate surface area is 196 Å². The molecule has 2 aliphatic heterocycles. The molecule has 2 saturated heterocycles. The fourth-order valence-electron chi connectivity index (χ4n) is 5.11. The minimum Gasteiger partial charge on any atom is -0.479 e. The molecule has 2 aromatic carbocycles. The zero-order valence-electron chi connectivity index (χ0n) is 18.5. The van der Waals surface area contributed by atoms with Gasteiger partial charge in [-0.25, -0.2) is 9.59 Å². The number of carboxylic acid groups (broad SMARTS) is 1. The van der Waals surface area contributed by atoms with E-state index in [2.05, 4.69) is 17.4 Å². The van der Waals surface area contributed by atoms with Gasteiger partial charge in [-0.3, -0.25) is 4.79 Å². The fraction of sp³-hybridized carbons (Fsp3) is 0.400. The Morgan fingerprint density at radius 3 is 2.12 bits per heavy atom. The number of nitrogens with zero attached hydrogens (tertiary/aromatic N) is 1. The van der Waals surface area contributed by atoms with Crippen molar-refractivity contribution in [1.82, 2.24) is 10.2 Å². The zero-order chi connectivity index (χ0) is 23.9. The number of hydrogen-bond donors (Lipinski definition) is 3. The minimum absolute atomic E-state index is 0.111. The molecule has 3 aliphatic rings. The van der Waals surface area contributed by atoms with Crippen LogP contribution in [-0.4, -0.2) is 77.1 Å². The number of carbonyl (C=O) groups is 3. The summed E-state index contributed by atoms with van der Waals surface area (Å²) in [6.45, 7) is 0.00820. The fourth-order valence-corrected chi connectivity index (χ4v) is 5.11. The molecule has 9 heteroatoms. The third-order valence-corrected chi connectivity index (χ3v) is 7.03. The highest BCUT2D eigenvalue weighted by atomic mass is 16.5. The molecule has 0 saturated carbocycles. The first kappa shape index (κ1) is 22.4. The van der Waals surface area contributed by atoms with Crippen LogP contribution in [0.4, 0.5) is 4.79 Å². The van der Waals surface area contributed by atoms with E-state index in [1.807, 2.05) is 36.4 Å². The van der Waals surface area contributed by atoms with E-state index in [-0.39, 0.29) is 51.7 Å². The van der Waals surface area contributed by atoms with E-state index in [1.165, 1.54) is 4.90 Å². The van der Waals surface area contributed by atoms with Crippen molar-refractivity contribution in [2.45, 2.75) is 29.9 Å². The van der Waals surface area contributed by atoms with Crippen LogP contribution in [0.25, 0.3) is 11.1 Å². The number of rotatable bonds is 5. The largest absolute Gasteiger partial charge is 0.479 e. The third-order valence-electron chi connectivity index (χ3n) is 7.03. The number of amides is 2. The molecule has 0 unspecified atom stereocenters. The average molecular weight is 466 g/mol. The summed E-state index contributed by atoms with van der Waals surface area (Å²) in [4.78, 5) is 38.6. The Balaban J connectivity index is 1.28. The number of β-amino-alcohol motifs (C(OH)–C–C–N with tert-alkyl or cyclic N) is 1. The Morgan fingerprint density at radius 2 is 1.56 bits per heavy atom. The number of alkyl carbamates (subject to hydrolysis) is 1. The lowest BCUT2D eigenvalue weighted by Crippen LogP contribution is -2.73. The van der Waals surface area contributed by atoms with Crippen LogP contribution < -0.4 is 5.32 Å². The molecular formula is C25H26N2O7. The van der Waals surface area contributed by atoms with Crippen molar-refractivity contribution in [1.29, 1.82) is 0 Å². The molecule has 0 bridgehead atoms. The van der Waals surface area contributed by atoms with Gasteiger partial charge >= 0.3 is 12.1 Å². The van der Waals surface area contributed by atoms with Gasteiger partial charge in [0.05, 0.1) is 13.1 Å². The van der Waals surface area contributed by atoms with E-state index in [0.717, 1.165) is 22.3 Å². The maximum Gasteiger partial charge on any atom is 0.408 e. The lowest BCUT2D eigenvalue weighted by molar-refractivity contribution is -0.185. The standard InChI is InChI=1S/C25H26N2O7/c28-21(27-14-25(32,15-27)22(29)30)24(9-11-33-12-10-24)26-23(31)34-13-20-18-7-3-1-5-16(18)17-6-2-4-8-19(17)20/h1-8,20,32H,9-15H2,(H,26,31)(H,29,30). The van der Waals surface area contributed by atoms with Crippen molar-refractivity contribution in [3.8, 4) is 11.1 Å². The molecule has 1 aliphatic carbocycles. The van der Waals surface area contributed by atoms with E-state index < -0.39 is 29.1 Å². The van der Waals surface area contributed by atoms with Crippen LogP contribution in [0, 0.1) is 0 Å². The molecule has 2 aromatic rings. The monoisotopic (exact) mass is 466 g/mol. The van der Waals surface area contributed by atoms with Crippen LogP contribution in [0.1, 0.15) is 29.9 Å². The summed E-state index contributed by atoms with van der Waals surface area (Å²) >= 11 is 0. The zero-order valence-corrected chi connectivity index (χ0v) is 18.5. The van der Waals surface area contributed by atoms with Gasteiger partial charge in [0.1, 0.15) is 12.1 Å². The highest BCUT2D eigenvalue weighted by Crippen LogP contribution is 2.44. The Bertz CT molecular complexity index is 1090. The van der Waals surface area contributed by atoms with Gasteiger partial charge in [0.15, 0.2) is 5.60 Å². The first-order chi connectivity index (χ1) is 16.3. The summed E-state index contributed by atoms with van der Waals surface area (Å²) in [5.41, 5.74) is 1.19. The quantitative estimate of drug-likeness (QED) is 0.613. The van der Waals surface area contributed by atoms with Crippen molar-refractivity contribution in [2.75, 3.05) is 32.9 Å². The van der Waals surface area contributed by atoms with Crippen LogP contribution in [-0.2, 0) is 19.1 Å². The molecular weight excluding hydrogens is 440 g/mol. The molecule has 5 rings (SSSR count). The van der Waals surface area contributed by atoms with E-state index in [0.29, 0.717) is 0 Å². The highest BCUT2D eigenvalue weighted by Gasteiger charge is 2.55. The predicted octanol–water partition coefficient (Wildman–Crippen LogP) is 1.73. The maximum atomic E-state index is 13.2. The summed E-state index contributed by atoms with van der Waals surface area (Å²) in [5, 5.41) is 21.9. The second-order valence-corrected chi connectivity index (χ2v) is 9.14. The van der Waals surface area contributed by atoms with Gasteiger partial charge in [-0.1, -0.05) is 48.5 Å². The minimum atomic E-state index is -1.95. The molecule has 0 atom stereocenters. The lowest BCUT2D eigenvalue weighted by atomic mass is 9.84. The molecule has 2 heterocycles. The number of ether oxygens (including phenoxy) is 2. The van der Waals surface area contributed by atoms with Gasteiger partial charge in [0.25, 0.3) is 0 Å². The Morgan fingerprint density at radius 1 is 1.00 bits per heavy atom. The number of likely N-dealkylation sites (tertiary alicyclic amines) is 1. The Kier molecular flexibility index (Phi) is 5.53. The number of aliphatic hydroxyl groups is 1. The van der Waals surface area contributed by atoms with Crippen LogP contribution in [0.2, 0.25) is 0 Å². The summed E-state index contributed by atoms with van der Waals surface area (Å²) in [6, 6.07) is 16.0. The first-order valence-corrected chi connectivity index (χ1v) is 11.3. The molecule has 34 heavy (non-hydrogen) atoms. The second kappa shape index (κ2) is 8.41. The van der Waals surface area contributed by atoms with E-state index in [9.17, 15) is 19.5 Å². The van der Waals surface area contributed by atoms with Gasteiger partial charge in [-0.05, 0) is 22.3 Å². The van der Waals surface area contributed by atoms with E-state index >= 15 is 0 Å². The van der Waals surface area contributed by atoms with Crippen molar-refractivity contribution >= 4 is 18.0 Å². The molecule has 3 N–H and O–H groups in total. The number of nitrogens with one attached hydrogen (secondary N) is 1. The number of benzene rings is 2. The number of hydrogen-bond acceptors (Lipinski definition) is 6. The van der Waals surface area contributed by atoms with Crippen molar-refractivity contribution in [2.24, 2.45) is 0 Å². The number of carboxylic acids is 1. The third kappa shape index (κ3) is 3.70. The molecule has 0 radical (unpaired) electrons. The Hall–Kier alpha value is -3.43. The topological polar surface area (TPSA) is 125 Å².